The molecule has 0 bridgehead atoms. The molecule has 1 aliphatic rings. The molecule has 5 rings (SSSR count). The van der Waals surface area contributed by atoms with Gasteiger partial charge in [-0.15, -0.1) is 11.3 Å². The van der Waals surface area contributed by atoms with Crippen molar-refractivity contribution in [2.45, 2.75) is 45.6 Å². The molecule has 39 heavy (non-hydrogen) atoms. The molecule has 0 unspecified atom stereocenters. The van der Waals surface area contributed by atoms with Crippen LogP contribution in [0.4, 0.5) is 4.39 Å². The number of hydrogen-bond donors (Lipinski definition) is 1. The number of fused-ring (bicyclic) bond motifs is 1. The Morgan fingerprint density at radius 2 is 1.92 bits per heavy atom. The Balaban J connectivity index is 1.31. The van der Waals surface area contributed by atoms with Gasteiger partial charge in [-0.05, 0) is 60.6 Å². The summed E-state index contributed by atoms with van der Waals surface area (Å²) in [7, 11) is 0. The van der Waals surface area contributed by atoms with Gasteiger partial charge in [-0.2, -0.15) is 0 Å². The standard InChI is InChI=1S/C30H30FN3O4S/c1-2-11-34(29(37)18-35)17-21-5-7-24(33-16-21)28-15-25-30(39-28)27(9-10-32-25)38-26-8-6-20(14-23(26)31)13-22(36)12-19-3-4-19/h5-10,14-16,19,35H,2-4,11-13,17-18H2,1H3. The molecular weight excluding hydrogens is 517 g/mol. The number of Topliss-reactive ketones (excluding diaryl/α,β-unsaturated/α-hetero) is 1. The van der Waals surface area contributed by atoms with Gasteiger partial charge in [-0.1, -0.05) is 19.1 Å². The molecule has 3 heterocycles. The molecular formula is C30H30FN3O4S. The van der Waals surface area contributed by atoms with Crippen LogP contribution in [0.2, 0.25) is 0 Å². The van der Waals surface area contributed by atoms with Crippen LogP contribution in [0.15, 0.2) is 54.9 Å². The van der Waals surface area contributed by atoms with E-state index < -0.39 is 12.4 Å². The highest BCUT2D eigenvalue weighted by atomic mass is 32.1. The SMILES string of the molecule is CCCN(Cc1ccc(-c2cc3nccc(Oc4ccc(CC(=O)CC5CC5)cc4F)c3s2)nc1)C(=O)CO. The van der Waals surface area contributed by atoms with E-state index in [4.69, 9.17) is 4.74 Å². The van der Waals surface area contributed by atoms with Crippen molar-refractivity contribution in [3.63, 3.8) is 0 Å². The number of carbonyl (C=O) groups is 2. The van der Waals surface area contributed by atoms with Crippen LogP contribution in [0, 0.1) is 11.7 Å². The molecule has 1 saturated carbocycles. The van der Waals surface area contributed by atoms with Crippen LogP contribution in [0.1, 0.15) is 43.7 Å². The normalized spacial score (nSPS) is 13.0. The lowest BCUT2D eigenvalue weighted by Crippen LogP contribution is -2.33. The number of amides is 1. The minimum absolute atomic E-state index is 0.0902. The molecule has 202 valence electrons. The average molecular weight is 548 g/mol. The van der Waals surface area contributed by atoms with Crippen molar-refractivity contribution in [2.24, 2.45) is 5.92 Å². The summed E-state index contributed by atoms with van der Waals surface area (Å²) in [6.45, 7) is 2.41. The molecule has 4 aromatic rings. The zero-order valence-corrected chi connectivity index (χ0v) is 22.5. The van der Waals surface area contributed by atoms with E-state index in [0.717, 1.165) is 40.1 Å². The Bertz CT molecular complexity index is 1480. The van der Waals surface area contributed by atoms with Gasteiger partial charge >= 0.3 is 0 Å². The van der Waals surface area contributed by atoms with Crippen LogP contribution in [0.3, 0.4) is 0 Å². The summed E-state index contributed by atoms with van der Waals surface area (Å²) in [6.07, 6.45) is 7.19. The quantitative estimate of drug-likeness (QED) is 0.236. The van der Waals surface area contributed by atoms with Crippen LogP contribution in [0.5, 0.6) is 11.5 Å². The van der Waals surface area contributed by atoms with Gasteiger partial charge in [0.05, 0.1) is 20.8 Å². The molecule has 9 heteroatoms. The number of aliphatic hydroxyl groups is 1. The molecule has 1 fully saturated rings. The average Bonchev–Trinajstić information content (AvgIpc) is 3.63. The molecule has 1 amide bonds. The monoisotopic (exact) mass is 547 g/mol. The van der Waals surface area contributed by atoms with Crippen molar-refractivity contribution >= 4 is 33.2 Å². The second-order valence-corrected chi connectivity index (χ2v) is 10.9. The minimum atomic E-state index is -0.515. The van der Waals surface area contributed by atoms with Crippen molar-refractivity contribution in [1.82, 2.24) is 14.9 Å². The number of aliphatic hydroxyl groups excluding tert-OH is 1. The van der Waals surface area contributed by atoms with Gasteiger partial charge in [0.15, 0.2) is 11.6 Å². The third kappa shape index (κ3) is 6.66. The summed E-state index contributed by atoms with van der Waals surface area (Å²) < 4.78 is 21.6. The van der Waals surface area contributed by atoms with Crippen molar-refractivity contribution in [3.8, 4) is 22.1 Å². The van der Waals surface area contributed by atoms with Crippen molar-refractivity contribution < 1.29 is 23.8 Å². The number of pyridine rings is 2. The maximum absolute atomic E-state index is 14.9. The fraction of sp³-hybridized carbons (Fsp3) is 0.333. The highest BCUT2D eigenvalue weighted by molar-refractivity contribution is 7.22. The van der Waals surface area contributed by atoms with Crippen LogP contribution < -0.4 is 4.74 Å². The maximum atomic E-state index is 14.9. The van der Waals surface area contributed by atoms with Gasteiger partial charge in [-0.3, -0.25) is 19.6 Å². The van der Waals surface area contributed by atoms with Gasteiger partial charge in [0.25, 0.3) is 0 Å². The van der Waals surface area contributed by atoms with Crippen LogP contribution in [-0.2, 0) is 22.6 Å². The summed E-state index contributed by atoms with van der Waals surface area (Å²) in [5.74, 6) is 0.418. The fourth-order valence-electron chi connectivity index (χ4n) is 4.47. The first-order valence-electron chi connectivity index (χ1n) is 13.1. The largest absolute Gasteiger partial charge is 0.453 e. The molecule has 1 aliphatic carbocycles. The number of nitrogens with zero attached hydrogens (tertiary/aromatic N) is 3. The molecule has 0 spiro atoms. The summed E-state index contributed by atoms with van der Waals surface area (Å²) in [4.78, 5) is 35.6. The molecule has 0 atom stereocenters. The summed E-state index contributed by atoms with van der Waals surface area (Å²) >= 11 is 1.45. The van der Waals surface area contributed by atoms with Crippen LogP contribution in [-0.4, -0.2) is 44.8 Å². The molecule has 7 nitrogen and oxygen atoms in total. The van der Waals surface area contributed by atoms with E-state index in [1.807, 2.05) is 25.1 Å². The van der Waals surface area contributed by atoms with Crippen molar-refractivity contribution in [3.05, 3.63) is 71.8 Å². The smallest absolute Gasteiger partial charge is 0.248 e. The number of halogens is 1. The molecule has 0 radical (unpaired) electrons. The Hall–Kier alpha value is -3.69. The number of ketones is 1. The van der Waals surface area contributed by atoms with E-state index in [9.17, 15) is 19.1 Å². The Kier molecular flexibility index (Phi) is 8.28. The van der Waals surface area contributed by atoms with E-state index in [1.165, 1.54) is 17.4 Å². The molecule has 1 aromatic carbocycles. The highest BCUT2D eigenvalue weighted by Gasteiger charge is 2.24. The molecule has 1 N–H and O–H groups in total. The molecule has 0 aliphatic heterocycles. The lowest BCUT2D eigenvalue weighted by molar-refractivity contribution is -0.134. The first-order valence-corrected chi connectivity index (χ1v) is 14.0. The van der Waals surface area contributed by atoms with Gasteiger partial charge in [0.2, 0.25) is 5.91 Å². The molecule has 0 saturated heterocycles. The van der Waals surface area contributed by atoms with Gasteiger partial charge < -0.3 is 14.7 Å². The van der Waals surface area contributed by atoms with Gasteiger partial charge in [-0.25, -0.2) is 4.39 Å². The minimum Gasteiger partial charge on any atom is -0.453 e. The second-order valence-electron chi connectivity index (χ2n) is 9.89. The number of thiophene rings is 1. The van der Waals surface area contributed by atoms with Gasteiger partial charge in [0, 0.05) is 44.4 Å². The van der Waals surface area contributed by atoms with Crippen molar-refractivity contribution in [2.75, 3.05) is 13.2 Å². The van der Waals surface area contributed by atoms with E-state index in [0.29, 0.717) is 42.3 Å². The number of aromatic nitrogens is 2. The third-order valence-electron chi connectivity index (χ3n) is 6.64. The molecule has 3 aromatic heterocycles. The first kappa shape index (κ1) is 26.9. The predicted molar refractivity (Wildman–Crippen MR) is 148 cm³/mol. The Morgan fingerprint density at radius 1 is 1.10 bits per heavy atom. The predicted octanol–water partition coefficient (Wildman–Crippen LogP) is 5.93. The van der Waals surface area contributed by atoms with Crippen molar-refractivity contribution in [1.29, 1.82) is 0 Å². The number of rotatable bonds is 12. The third-order valence-corrected chi connectivity index (χ3v) is 7.80. The van der Waals surface area contributed by atoms with Gasteiger partial charge in [0.1, 0.15) is 18.1 Å². The van der Waals surface area contributed by atoms with E-state index in [1.54, 1.807) is 35.5 Å². The zero-order valence-electron chi connectivity index (χ0n) is 21.7. The Labute approximate surface area is 230 Å². The topological polar surface area (TPSA) is 92.6 Å². The number of benzene rings is 1. The first-order chi connectivity index (χ1) is 18.9. The number of carbonyl (C=O) groups excluding carboxylic acids is 2. The summed E-state index contributed by atoms with van der Waals surface area (Å²) in [5, 5.41) is 9.22. The van der Waals surface area contributed by atoms with E-state index >= 15 is 0 Å². The maximum Gasteiger partial charge on any atom is 0.248 e. The lowest BCUT2D eigenvalue weighted by Gasteiger charge is -2.21. The van der Waals surface area contributed by atoms with Crippen LogP contribution in [0.25, 0.3) is 20.8 Å². The summed E-state index contributed by atoms with van der Waals surface area (Å²) in [5.41, 5.74) is 2.97. The fourth-order valence-corrected chi connectivity index (χ4v) is 5.51. The zero-order chi connectivity index (χ0) is 27.4. The highest BCUT2D eigenvalue weighted by Crippen LogP contribution is 2.39. The van der Waals surface area contributed by atoms with E-state index in [2.05, 4.69) is 9.97 Å². The number of hydrogen-bond acceptors (Lipinski definition) is 7. The number of ether oxygens (including phenoxy) is 1. The summed E-state index contributed by atoms with van der Waals surface area (Å²) in [6, 6.07) is 12.1. The van der Waals surface area contributed by atoms with E-state index in [-0.39, 0.29) is 23.9 Å². The van der Waals surface area contributed by atoms with Crippen LogP contribution >= 0.6 is 11.3 Å². The second kappa shape index (κ2) is 12.0. The Morgan fingerprint density at radius 3 is 2.62 bits per heavy atom. The lowest BCUT2D eigenvalue weighted by atomic mass is 10.0.